The molecule has 0 radical (unpaired) electrons. The first kappa shape index (κ1) is 18.9. The van der Waals surface area contributed by atoms with Crippen molar-refractivity contribution in [2.45, 2.75) is 57.8 Å². The van der Waals surface area contributed by atoms with Crippen molar-refractivity contribution in [2.75, 3.05) is 0 Å². The summed E-state index contributed by atoms with van der Waals surface area (Å²) >= 11 is 0. The zero-order valence-corrected chi connectivity index (χ0v) is 14.6. The molecule has 2 atom stereocenters. The Kier molecular flexibility index (Phi) is 5.64. The Hall–Kier alpha value is -1.91. The molecule has 0 aromatic rings. The van der Waals surface area contributed by atoms with Crippen LogP contribution in [0.15, 0.2) is 69.7 Å². The average molecular weight is 368 g/mol. The Balaban J connectivity index is 1.89. The van der Waals surface area contributed by atoms with Crippen LogP contribution in [0, 0.1) is 0 Å². The second kappa shape index (κ2) is 7.77. The summed E-state index contributed by atoms with van der Waals surface area (Å²) in [4.78, 5) is 0. The Bertz CT molecular complexity index is 776. The Morgan fingerprint density at radius 1 is 0.846 bits per heavy atom. The molecule has 3 aliphatic carbocycles. The molecule has 26 heavy (non-hydrogen) atoms. The average Bonchev–Trinajstić information content (AvgIpc) is 2.60. The number of hydrogen-bond donors (Lipinski definition) is 0. The lowest BCUT2D eigenvalue weighted by molar-refractivity contribution is 0.300. The van der Waals surface area contributed by atoms with Crippen LogP contribution in [0.5, 0.6) is 0 Å². The van der Waals surface area contributed by atoms with E-state index in [0.717, 1.165) is 31.3 Å². The monoisotopic (exact) mass is 368 g/mol. The lowest BCUT2D eigenvalue weighted by atomic mass is 9.82. The van der Waals surface area contributed by atoms with Gasteiger partial charge in [-0.2, -0.15) is 0 Å². The van der Waals surface area contributed by atoms with E-state index in [4.69, 9.17) is 0 Å². The molecule has 0 saturated carbocycles. The molecule has 0 nitrogen and oxygen atoms in total. The zero-order valence-electron chi connectivity index (χ0n) is 14.6. The molecule has 2 unspecified atom stereocenters. The lowest BCUT2D eigenvalue weighted by Crippen LogP contribution is -2.19. The molecule has 0 heterocycles. The van der Waals surface area contributed by atoms with Crippen LogP contribution in [0.1, 0.15) is 45.4 Å². The third-order valence-electron chi connectivity index (χ3n) is 5.04. The minimum absolute atomic E-state index is 0.0480. The van der Waals surface area contributed by atoms with Gasteiger partial charge in [0, 0.05) is 18.4 Å². The van der Waals surface area contributed by atoms with Crippen molar-refractivity contribution in [1.82, 2.24) is 0 Å². The largest absolute Gasteiger partial charge is 0.242 e. The molecule has 0 N–H and O–H groups in total. The molecule has 0 amide bonds. The fourth-order valence-corrected chi connectivity index (χ4v) is 3.69. The Morgan fingerprint density at radius 2 is 1.54 bits per heavy atom. The highest BCUT2D eigenvalue weighted by molar-refractivity contribution is 5.53. The molecule has 0 aliphatic heterocycles. The minimum Gasteiger partial charge on any atom is -0.242 e. The molecule has 0 bridgehead atoms. The molecule has 3 rings (SSSR count). The van der Waals surface area contributed by atoms with E-state index in [0.29, 0.717) is 11.6 Å². The summed E-state index contributed by atoms with van der Waals surface area (Å²) in [5.41, 5.74) is 2.27. The second-order valence-electron chi connectivity index (χ2n) is 6.91. The fraction of sp³-hybridized carbons (Fsp3) is 0.429. The predicted molar refractivity (Wildman–Crippen MR) is 92.9 cm³/mol. The van der Waals surface area contributed by atoms with Gasteiger partial charge in [-0.15, -0.1) is 0 Å². The van der Waals surface area contributed by atoms with E-state index in [1.54, 1.807) is 0 Å². The molecule has 3 aliphatic rings. The SMILES string of the molecule is CCCC1=CC=C(C2=CC(F)=C(C3=CC(F)=C(F)C(F)C3)C(F)C2)CC1. The van der Waals surface area contributed by atoms with Crippen molar-refractivity contribution in [2.24, 2.45) is 0 Å². The molecule has 0 saturated heterocycles. The molecule has 0 aromatic carbocycles. The third kappa shape index (κ3) is 3.76. The molecule has 0 aromatic heterocycles. The van der Waals surface area contributed by atoms with Crippen molar-refractivity contribution in [3.05, 3.63) is 69.7 Å². The molecule has 140 valence electrons. The van der Waals surface area contributed by atoms with Crippen LogP contribution in [0.4, 0.5) is 22.0 Å². The van der Waals surface area contributed by atoms with Crippen LogP contribution < -0.4 is 0 Å². The van der Waals surface area contributed by atoms with Crippen LogP contribution in [0.3, 0.4) is 0 Å². The van der Waals surface area contributed by atoms with Crippen molar-refractivity contribution in [3.63, 3.8) is 0 Å². The maximum atomic E-state index is 14.7. The van der Waals surface area contributed by atoms with E-state index in [1.165, 1.54) is 11.6 Å². The van der Waals surface area contributed by atoms with Gasteiger partial charge in [0.15, 0.2) is 17.8 Å². The van der Waals surface area contributed by atoms with Crippen LogP contribution >= 0.6 is 0 Å². The number of alkyl halides is 2. The summed E-state index contributed by atoms with van der Waals surface area (Å²) in [5, 5.41) is 0. The van der Waals surface area contributed by atoms with Gasteiger partial charge in [0.2, 0.25) is 0 Å². The predicted octanol–water partition coefficient (Wildman–Crippen LogP) is 7.14. The first-order valence-corrected chi connectivity index (χ1v) is 8.94. The van der Waals surface area contributed by atoms with E-state index in [-0.39, 0.29) is 17.6 Å². The summed E-state index contributed by atoms with van der Waals surface area (Å²) in [6.07, 6.45) is 5.02. The third-order valence-corrected chi connectivity index (χ3v) is 5.04. The van der Waals surface area contributed by atoms with Gasteiger partial charge >= 0.3 is 0 Å². The van der Waals surface area contributed by atoms with E-state index >= 15 is 0 Å². The van der Waals surface area contributed by atoms with E-state index in [2.05, 4.69) is 6.92 Å². The van der Waals surface area contributed by atoms with Gasteiger partial charge < -0.3 is 0 Å². The quantitative estimate of drug-likeness (QED) is 0.463. The Morgan fingerprint density at radius 3 is 2.12 bits per heavy atom. The highest BCUT2D eigenvalue weighted by Crippen LogP contribution is 2.41. The van der Waals surface area contributed by atoms with Crippen LogP contribution in [-0.4, -0.2) is 12.3 Å². The summed E-state index contributed by atoms with van der Waals surface area (Å²) in [5.74, 6) is -3.75. The maximum absolute atomic E-state index is 14.7. The number of allylic oxidation sites excluding steroid dienone is 12. The highest BCUT2D eigenvalue weighted by Gasteiger charge is 2.33. The molecular weight excluding hydrogens is 347 g/mol. The second-order valence-corrected chi connectivity index (χ2v) is 6.91. The van der Waals surface area contributed by atoms with Crippen molar-refractivity contribution < 1.29 is 22.0 Å². The highest BCUT2D eigenvalue weighted by atomic mass is 19.2. The first-order chi connectivity index (χ1) is 12.4. The van der Waals surface area contributed by atoms with Crippen molar-refractivity contribution >= 4 is 0 Å². The first-order valence-electron chi connectivity index (χ1n) is 8.94. The molecule has 0 spiro atoms. The van der Waals surface area contributed by atoms with Crippen LogP contribution in [0.2, 0.25) is 0 Å². The normalized spacial score (nSPS) is 27.2. The maximum Gasteiger partial charge on any atom is 0.170 e. The van der Waals surface area contributed by atoms with Gasteiger partial charge in [0.1, 0.15) is 12.0 Å². The topological polar surface area (TPSA) is 0 Å². The molecule has 0 fully saturated rings. The van der Waals surface area contributed by atoms with Gasteiger partial charge in [-0.25, -0.2) is 22.0 Å². The van der Waals surface area contributed by atoms with E-state index in [1.807, 2.05) is 12.2 Å². The smallest absolute Gasteiger partial charge is 0.170 e. The summed E-state index contributed by atoms with van der Waals surface area (Å²) < 4.78 is 69.4. The van der Waals surface area contributed by atoms with Crippen molar-refractivity contribution in [3.8, 4) is 0 Å². The fourth-order valence-electron chi connectivity index (χ4n) is 3.69. The van der Waals surface area contributed by atoms with Gasteiger partial charge in [-0.3, -0.25) is 0 Å². The van der Waals surface area contributed by atoms with Crippen LogP contribution in [-0.2, 0) is 0 Å². The Labute approximate surface area is 150 Å². The lowest BCUT2D eigenvalue weighted by Gasteiger charge is -2.26. The number of hydrogen-bond acceptors (Lipinski definition) is 0. The van der Waals surface area contributed by atoms with Gasteiger partial charge in [-0.05, 0) is 48.1 Å². The van der Waals surface area contributed by atoms with E-state index < -0.39 is 36.2 Å². The van der Waals surface area contributed by atoms with Gasteiger partial charge in [-0.1, -0.05) is 31.1 Å². The van der Waals surface area contributed by atoms with Crippen LogP contribution in [0.25, 0.3) is 0 Å². The standard InChI is InChI=1S/C21H21F5/c1-2-3-12-4-6-13(7-5-12)14-8-16(22)20(17(23)9-14)15-10-18(24)21(26)19(25)11-15/h4,6,8,10,17,19H,2-3,5,7,9,11H2,1H3. The molecule has 5 heteroatoms. The number of halogens is 5. The minimum atomic E-state index is -2.20. The van der Waals surface area contributed by atoms with E-state index in [9.17, 15) is 22.0 Å². The van der Waals surface area contributed by atoms with Gasteiger partial charge in [0.05, 0.1) is 0 Å². The van der Waals surface area contributed by atoms with Gasteiger partial charge in [0.25, 0.3) is 0 Å². The summed E-state index contributed by atoms with van der Waals surface area (Å²) in [6, 6.07) is 0. The summed E-state index contributed by atoms with van der Waals surface area (Å²) in [6.45, 7) is 2.10. The zero-order chi connectivity index (χ0) is 18.8. The summed E-state index contributed by atoms with van der Waals surface area (Å²) in [7, 11) is 0. The van der Waals surface area contributed by atoms with Crippen molar-refractivity contribution in [1.29, 1.82) is 0 Å². The molecular formula is C21H21F5. The number of rotatable bonds is 4.